The number of carboxylic acids is 1. The number of hydrogen-bond donors (Lipinski definition) is 1. The molecule has 16 heavy (non-hydrogen) atoms. The summed E-state index contributed by atoms with van der Waals surface area (Å²) in [6.07, 6.45) is 3.49. The summed E-state index contributed by atoms with van der Waals surface area (Å²) in [5.74, 6) is -1.48. The van der Waals surface area contributed by atoms with Crippen molar-refractivity contribution in [1.82, 2.24) is 9.78 Å². The molecule has 1 aromatic rings. The Morgan fingerprint density at radius 3 is 2.81 bits per heavy atom. The number of aromatic nitrogens is 2. The van der Waals surface area contributed by atoms with E-state index in [-0.39, 0.29) is 5.56 Å². The molecule has 0 fully saturated rings. The molecule has 1 aliphatic heterocycles. The molecule has 82 valence electrons. The summed E-state index contributed by atoms with van der Waals surface area (Å²) in [6, 6.07) is 0. The average molecular weight is 220 g/mol. The Hall–Kier alpha value is -2.31. The van der Waals surface area contributed by atoms with E-state index >= 15 is 0 Å². The molecule has 1 N–H and O–H groups in total. The topological polar surface area (TPSA) is 96.9 Å². The average Bonchev–Trinajstić information content (AvgIpc) is 2.61. The molecule has 7 heteroatoms. The normalized spacial score (nSPS) is 19.1. The third kappa shape index (κ3) is 1.62. The summed E-state index contributed by atoms with van der Waals surface area (Å²) in [5, 5.41) is 19.8. The van der Waals surface area contributed by atoms with E-state index in [9.17, 15) is 9.59 Å². The number of hydrogen-bond acceptors (Lipinski definition) is 4. The molecule has 1 unspecified atom stereocenters. The van der Waals surface area contributed by atoms with Crippen LogP contribution in [0, 0.1) is 6.92 Å². The van der Waals surface area contributed by atoms with Crippen LogP contribution in [0.1, 0.15) is 22.2 Å². The third-order valence-electron chi connectivity index (χ3n) is 2.21. The molecular formula is C9H8N4O3. The van der Waals surface area contributed by atoms with Gasteiger partial charge in [0.15, 0.2) is 6.17 Å². The quantitative estimate of drug-likeness (QED) is 0.801. The lowest BCUT2D eigenvalue weighted by Gasteiger charge is -2.11. The van der Waals surface area contributed by atoms with Crippen molar-refractivity contribution in [3.63, 3.8) is 0 Å². The first kappa shape index (κ1) is 10.2. The third-order valence-corrected chi connectivity index (χ3v) is 2.21. The molecule has 1 aliphatic rings. The molecule has 7 nitrogen and oxygen atoms in total. The zero-order chi connectivity index (χ0) is 11.7. The minimum atomic E-state index is -1.04. The molecule has 0 spiro atoms. The number of carboxylic acid groups (broad SMARTS) is 1. The first-order chi connectivity index (χ1) is 7.59. The summed E-state index contributed by atoms with van der Waals surface area (Å²) in [7, 11) is 0. The van der Waals surface area contributed by atoms with Crippen molar-refractivity contribution < 1.29 is 14.7 Å². The van der Waals surface area contributed by atoms with Gasteiger partial charge >= 0.3 is 5.97 Å². The van der Waals surface area contributed by atoms with Crippen molar-refractivity contribution in [3.8, 4) is 0 Å². The summed E-state index contributed by atoms with van der Waals surface area (Å²) in [6.45, 7) is 1.62. The molecule has 2 rings (SSSR count). The summed E-state index contributed by atoms with van der Waals surface area (Å²) in [4.78, 5) is 21.6. The standard InChI is InChI=1S/C9H8N4O3/c1-5-6(9(15)16)4-10-13(5)7-2-3-8(14)12-11-7/h2-4,7H,1H3,(H,15,16). The fourth-order valence-corrected chi connectivity index (χ4v) is 1.39. The number of azo groups is 1. The number of amides is 1. The van der Waals surface area contributed by atoms with E-state index in [1.165, 1.54) is 23.0 Å². The Bertz CT molecular complexity index is 499. The van der Waals surface area contributed by atoms with Gasteiger partial charge in [-0.05, 0) is 13.0 Å². The molecule has 1 amide bonds. The Morgan fingerprint density at radius 1 is 1.56 bits per heavy atom. The van der Waals surface area contributed by atoms with Crippen molar-refractivity contribution >= 4 is 11.9 Å². The van der Waals surface area contributed by atoms with Gasteiger partial charge in [-0.1, -0.05) is 0 Å². The maximum atomic E-state index is 10.8. The first-order valence-electron chi connectivity index (χ1n) is 4.50. The van der Waals surface area contributed by atoms with Gasteiger partial charge in [-0.3, -0.25) is 4.79 Å². The van der Waals surface area contributed by atoms with Crippen molar-refractivity contribution in [2.45, 2.75) is 13.1 Å². The monoisotopic (exact) mass is 220 g/mol. The van der Waals surface area contributed by atoms with Gasteiger partial charge < -0.3 is 5.11 Å². The van der Waals surface area contributed by atoms with E-state index in [4.69, 9.17) is 5.11 Å². The maximum absolute atomic E-state index is 10.8. The highest BCUT2D eigenvalue weighted by molar-refractivity contribution is 5.89. The largest absolute Gasteiger partial charge is 0.478 e. The van der Waals surface area contributed by atoms with Crippen LogP contribution in [0.5, 0.6) is 0 Å². The molecule has 2 heterocycles. The molecule has 0 saturated carbocycles. The predicted molar refractivity (Wildman–Crippen MR) is 52.0 cm³/mol. The lowest BCUT2D eigenvalue weighted by atomic mass is 10.2. The minimum absolute atomic E-state index is 0.112. The molecule has 0 aromatic carbocycles. The fraction of sp³-hybridized carbons (Fsp3) is 0.222. The Labute approximate surface area is 90.1 Å². The van der Waals surface area contributed by atoms with Crippen LogP contribution >= 0.6 is 0 Å². The van der Waals surface area contributed by atoms with E-state index < -0.39 is 18.0 Å². The van der Waals surface area contributed by atoms with Gasteiger partial charge in [0.2, 0.25) is 0 Å². The van der Waals surface area contributed by atoms with Crippen molar-refractivity contribution in [3.05, 3.63) is 29.6 Å². The molecule has 1 atom stereocenters. The highest BCUT2D eigenvalue weighted by atomic mass is 16.4. The molecular weight excluding hydrogens is 212 g/mol. The summed E-state index contributed by atoms with van der Waals surface area (Å²) >= 11 is 0. The van der Waals surface area contributed by atoms with Crippen LogP contribution in [0.2, 0.25) is 0 Å². The smallest absolute Gasteiger partial charge is 0.339 e. The zero-order valence-corrected chi connectivity index (χ0v) is 8.36. The molecule has 0 aliphatic carbocycles. The van der Waals surface area contributed by atoms with Gasteiger partial charge in [0.05, 0.1) is 11.9 Å². The molecule has 0 saturated heterocycles. The zero-order valence-electron chi connectivity index (χ0n) is 8.36. The number of aromatic carboxylic acids is 1. The van der Waals surface area contributed by atoms with E-state index in [1.807, 2.05) is 0 Å². The molecule has 1 aromatic heterocycles. The number of carbonyl (C=O) groups is 2. The Morgan fingerprint density at radius 2 is 2.31 bits per heavy atom. The SMILES string of the molecule is Cc1c(C(=O)O)cnn1C1C=CC(=O)N=N1. The second-order valence-electron chi connectivity index (χ2n) is 3.22. The maximum Gasteiger partial charge on any atom is 0.339 e. The van der Waals surface area contributed by atoms with E-state index in [0.717, 1.165) is 0 Å². The van der Waals surface area contributed by atoms with Crippen LogP contribution < -0.4 is 0 Å². The summed E-state index contributed by atoms with van der Waals surface area (Å²) < 4.78 is 1.40. The van der Waals surface area contributed by atoms with Gasteiger partial charge in [-0.25, -0.2) is 9.48 Å². The van der Waals surface area contributed by atoms with Crippen molar-refractivity contribution in [2.75, 3.05) is 0 Å². The molecule has 0 radical (unpaired) electrons. The van der Waals surface area contributed by atoms with E-state index in [1.54, 1.807) is 6.92 Å². The van der Waals surface area contributed by atoms with Gasteiger partial charge in [-0.2, -0.15) is 10.2 Å². The van der Waals surface area contributed by atoms with Gasteiger partial charge in [-0.15, -0.1) is 5.11 Å². The van der Waals surface area contributed by atoms with Crippen molar-refractivity contribution in [2.24, 2.45) is 10.2 Å². The number of rotatable bonds is 2. The molecule has 0 bridgehead atoms. The van der Waals surface area contributed by atoms with Gasteiger partial charge in [0.1, 0.15) is 5.56 Å². The van der Waals surface area contributed by atoms with E-state index in [2.05, 4.69) is 15.3 Å². The predicted octanol–water partition coefficient (Wildman–Crippen LogP) is 0.937. The van der Waals surface area contributed by atoms with Crippen molar-refractivity contribution in [1.29, 1.82) is 0 Å². The van der Waals surface area contributed by atoms with Crippen LogP contribution in [0.3, 0.4) is 0 Å². The highest BCUT2D eigenvalue weighted by Crippen LogP contribution is 2.18. The minimum Gasteiger partial charge on any atom is -0.478 e. The lowest BCUT2D eigenvalue weighted by molar-refractivity contribution is -0.114. The summed E-state index contributed by atoms with van der Waals surface area (Å²) in [5.41, 5.74) is 0.580. The Kier molecular flexibility index (Phi) is 2.35. The van der Waals surface area contributed by atoms with Crippen LogP contribution in [-0.2, 0) is 4.79 Å². The van der Waals surface area contributed by atoms with Crippen LogP contribution in [-0.4, -0.2) is 26.8 Å². The van der Waals surface area contributed by atoms with Gasteiger partial charge in [0.25, 0.3) is 5.91 Å². The fourth-order valence-electron chi connectivity index (χ4n) is 1.39. The van der Waals surface area contributed by atoms with Gasteiger partial charge in [0, 0.05) is 6.08 Å². The highest BCUT2D eigenvalue weighted by Gasteiger charge is 2.19. The number of nitrogens with zero attached hydrogens (tertiary/aromatic N) is 4. The second kappa shape index (κ2) is 3.69. The van der Waals surface area contributed by atoms with Crippen LogP contribution in [0.25, 0.3) is 0 Å². The van der Waals surface area contributed by atoms with Crippen LogP contribution in [0.15, 0.2) is 28.6 Å². The lowest BCUT2D eigenvalue weighted by Crippen LogP contribution is -2.11. The number of carbonyl (C=O) groups excluding carboxylic acids is 1. The van der Waals surface area contributed by atoms with E-state index in [0.29, 0.717) is 5.69 Å². The van der Waals surface area contributed by atoms with Crippen LogP contribution in [0.4, 0.5) is 0 Å². The second-order valence-corrected chi connectivity index (χ2v) is 3.22. The first-order valence-corrected chi connectivity index (χ1v) is 4.50. The Balaban J connectivity index is 2.36.